The molecule has 2 saturated carbocycles. The number of ether oxygens (including phenoxy) is 1. The summed E-state index contributed by atoms with van der Waals surface area (Å²) in [6.45, 7) is 4.60. The fraction of sp³-hybridized carbons (Fsp3) is 0.762. The zero-order valence-electron chi connectivity index (χ0n) is 17.1. The van der Waals surface area contributed by atoms with E-state index in [1.807, 2.05) is 6.92 Å². The molecule has 0 bridgehead atoms. The number of carbonyl (C=O) groups is 1. The van der Waals surface area contributed by atoms with Crippen molar-refractivity contribution in [3.63, 3.8) is 0 Å². The van der Waals surface area contributed by atoms with Crippen LogP contribution in [0.3, 0.4) is 0 Å². The molecule has 5 nitrogen and oxygen atoms in total. The molecule has 0 N–H and O–H groups in total. The Labute approximate surface area is 174 Å². The minimum absolute atomic E-state index is 0.0192. The highest BCUT2D eigenvalue weighted by molar-refractivity contribution is 7.87. The molecular formula is C21H27F3O5S. The van der Waals surface area contributed by atoms with Gasteiger partial charge >= 0.3 is 15.6 Å². The van der Waals surface area contributed by atoms with Crippen LogP contribution in [0.15, 0.2) is 23.5 Å². The van der Waals surface area contributed by atoms with Gasteiger partial charge in [-0.15, -0.1) is 0 Å². The largest absolute Gasteiger partial charge is 0.534 e. The third-order valence-corrected chi connectivity index (χ3v) is 9.27. The predicted octanol–water partition coefficient (Wildman–Crippen LogP) is 4.85. The summed E-state index contributed by atoms with van der Waals surface area (Å²) in [6, 6.07) is 0. The topological polar surface area (TPSA) is 69.7 Å². The number of alkyl halides is 3. The van der Waals surface area contributed by atoms with E-state index in [0.29, 0.717) is 25.2 Å². The Morgan fingerprint density at radius 1 is 1.07 bits per heavy atom. The molecular weight excluding hydrogens is 421 g/mol. The van der Waals surface area contributed by atoms with Gasteiger partial charge in [-0.3, -0.25) is 4.79 Å². The molecule has 0 aliphatic heterocycles. The molecule has 4 rings (SSSR count). The van der Waals surface area contributed by atoms with Crippen LogP contribution in [0.2, 0.25) is 0 Å². The summed E-state index contributed by atoms with van der Waals surface area (Å²) in [7, 11) is -5.66. The summed E-state index contributed by atoms with van der Waals surface area (Å²) in [5, 5.41) is 0. The molecule has 4 aliphatic carbocycles. The minimum Gasteiger partial charge on any atom is -0.464 e. The summed E-state index contributed by atoms with van der Waals surface area (Å²) < 4.78 is 71.6. The van der Waals surface area contributed by atoms with Crippen LogP contribution < -0.4 is 0 Å². The molecule has 0 unspecified atom stereocenters. The monoisotopic (exact) mass is 448 g/mol. The SMILES string of the molecule is C[C@]12CC[C@H](OC=O)CC1=CC[C@@H]1[C@@H]2CC[C@]2(C)C(OS(=O)(=O)C(F)(F)F)=CC[C@@H]12. The second kappa shape index (κ2) is 7.00. The Morgan fingerprint density at radius 2 is 1.77 bits per heavy atom. The van der Waals surface area contributed by atoms with Crippen LogP contribution in [0.1, 0.15) is 58.8 Å². The van der Waals surface area contributed by atoms with Crippen LogP contribution in [0.4, 0.5) is 13.2 Å². The van der Waals surface area contributed by atoms with Crippen LogP contribution in [0.5, 0.6) is 0 Å². The Kier molecular flexibility index (Phi) is 5.07. The Balaban J connectivity index is 1.57. The Hall–Kier alpha value is -1.51. The molecule has 0 heterocycles. The standard InChI is InChI=1S/C21H27F3O5S/c1-19-9-7-14(28-12-25)11-13(19)3-4-15-16-5-6-18(20(16,2)10-8-17(15)19)29-30(26,27)21(22,23)24/h3,6,12,14-17H,4-5,7-11H2,1-2H3/t14-,15-,16-,17-,19-,20-/m0/s1. The Bertz CT molecular complexity index is 893. The van der Waals surface area contributed by atoms with Gasteiger partial charge in [0.1, 0.15) is 11.9 Å². The first-order chi connectivity index (χ1) is 13.9. The molecule has 0 amide bonds. The molecule has 0 aromatic carbocycles. The maximum Gasteiger partial charge on any atom is 0.534 e. The first-order valence-electron chi connectivity index (χ1n) is 10.4. The number of fused-ring (bicyclic) bond motifs is 5. The zero-order valence-corrected chi connectivity index (χ0v) is 17.9. The molecule has 0 aromatic heterocycles. The summed E-state index contributed by atoms with van der Waals surface area (Å²) >= 11 is 0. The second-order valence-corrected chi connectivity index (χ2v) is 11.1. The molecule has 2 fully saturated rings. The number of halogens is 3. The number of rotatable bonds is 4. The van der Waals surface area contributed by atoms with E-state index in [1.54, 1.807) is 6.08 Å². The number of allylic oxidation sites excluding steroid dienone is 3. The summed E-state index contributed by atoms with van der Waals surface area (Å²) in [6.07, 6.45) is 8.84. The van der Waals surface area contributed by atoms with Crippen LogP contribution in [-0.4, -0.2) is 26.5 Å². The van der Waals surface area contributed by atoms with Crippen LogP contribution in [-0.2, 0) is 23.8 Å². The van der Waals surface area contributed by atoms with Crippen molar-refractivity contribution in [2.75, 3.05) is 0 Å². The molecule has 4 aliphatic rings. The van der Waals surface area contributed by atoms with Gasteiger partial charge in [-0.1, -0.05) is 25.5 Å². The summed E-state index contributed by atoms with van der Waals surface area (Å²) in [5.41, 5.74) is -4.85. The number of hydrogen-bond donors (Lipinski definition) is 0. The second-order valence-electron chi connectivity index (χ2n) is 9.60. The lowest BCUT2D eigenvalue weighted by molar-refractivity contribution is -0.135. The highest BCUT2D eigenvalue weighted by atomic mass is 32.2. The van der Waals surface area contributed by atoms with Crippen molar-refractivity contribution in [3.8, 4) is 0 Å². The van der Waals surface area contributed by atoms with E-state index in [0.717, 1.165) is 32.1 Å². The smallest absolute Gasteiger partial charge is 0.464 e. The van der Waals surface area contributed by atoms with Gasteiger partial charge < -0.3 is 8.92 Å². The van der Waals surface area contributed by atoms with Gasteiger partial charge in [0.25, 0.3) is 6.47 Å². The van der Waals surface area contributed by atoms with Gasteiger partial charge in [0, 0.05) is 11.8 Å². The van der Waals surface area contributed by atoms with Crippen molar-refractivity contribution >= 4 is 16.6 Å². The molecule has 0 saturated heterocycles. The molecule has 0 radical (unpaired) electrons. The van der Waals surface area contributed by atoms with Gasteiger partial charge in [0.05, 0.1) is 0 Å². The van der Waals surface area contributed by atoms with E-state index in [2.05, 4.69) is 17.2 Å². The number of hydrogen-bond acceptors (Lipinski definition) is 5. The van der Waals surface area contributed by atoms with Crippen molar-refractivity contribution in [1.82, 2.24) is 0 Å². The van der Waals surface area contributed by atoms with E-state index in [9.17, 15) is 26.4 Å². The first-order valence-corrected chi connectivity index (χ1v) is 11.8. The first kappa shape index (κ1) is 21.7. The van der Waals surface area contributed by atoms with Gasteiger partial charge in [-0.25, -0.2) is 0 Å². The van der Waals surface area contributed by atoms with Crippen molar-refractivity contribution < 1.29 is 35.3 Å². The quantitative estimate of drug-likeness (QED) is 0.266. The van der Waals surface area contributed by atoms with Crippen molar-refractivity contribution in [2.45, 2.75) is 70.4 Å². The van der Waals surface area contributed by atoms with Crippen LogP contribution in [0.25, 0.3) is 0 Å². The zero-order chi connectivity index (χ0) is 21.9. The maximum absolute atomic E-state index is 12.8. The highest BCUT2D eigenvalue weighted by Crippen LogP contribution is 2.65. The maximum atomic E-state index is 12.8. The fourth-order valence-electron chi connectivity index (χ4n) is 6.64. The van der Waals surface area contributed by atoms with Gasteiger partial charge in [-0.2, -0.15) is 21.6 Å². The third kappa shape index (κ3) is 3.19. The molecule has 9 heteroatoms. The fourth-order valence-corrected chi connectivity index (χ4v) is 7.23. The molecule has 0 spiro atoms. The lowest BCUT2D eigenvalue weighted by Crippen LogP contribution is -2.50. The molecule has 30 heavy (non-hydrogen) atoms. The van der Waals surface area contributed by atoms with Crippen molar-refractivity contribution in [3.05, 3.63) is 23.5 Å². The van der Waals surface area contributed by atoms with Crippen LogP contribution in [0, 0.1) is 28.6 Å². The van der Waals surface area contributed by atoms with E-state index < -0.39 is 21.0 Å². The molecule has 0 aromatic rings. The van der Waals surface area contributed by atoms with E-state index in [1.165, 1.54) is 5.57 Å². The average molecular weight is 449 g/mol. The normalized spacial score (nSPS) is 41.0. The summed E-state index contributed by atoms with van der Waals surface area (Å²) in [5.74, 6) is 0.631. The van der Waals surface area contributed by atoms with Crippen LogP contribution >= 0.6 is 0 Å². The summed E-state index contributed by atoms with van der Waals surface area (Å²) in [4.78, 5) is 10.7. The van der Waals surface area contributed by atoms with Gasteiger partial charge in [0.2, 0.25) is 0 Å². The lowest BCUT2D eigenvalue weighted by atomic mass is 9.48. The molecule has 168 valence electrons. The lowest BCUT2D eigenvalue weighted by Gasteiger charge is -2.57. The average Bonchev–Trinajstić information content (AvgIpc) is 2.97. The Morgan fingerprint density at radius 3 is 2.43 bits per heavy atom. The number of carbonyl (C=O) groups excluding carboxylic acids is 1. The predicted molar refractivity (Wildman–Crippen MR) is 102 cm³/mol. The van der Waals surface area contributed by atoms with E-state index in [4.69, 9.17) is 4.74 Å². The highest BCUT2D eigenvalue weighted by Gasteiger charge is 2.59. The van der Waals surface area contributed by atoms with E-state index >= 15 is 0 Å². The van der Waals surface area contributed by atoms with Gasteiger partial charge in [-0.05, 0) is 67.8 Å². The van der Waals surface area contributed by atoms with Gasteiger partial charge in [0.15, 0.2) is 0 Å². The third-order valence-electron chi connectivity index (χ3n) is 8.30. The van der Waals surface area contributed by atoms with Crippen molar-refractivity contribution in [2.24, 2.45) is 28.6 Å². The van der Waals surface area contributed by atoms with E-state index in [-0.39, 0.29) is 29.1 Å². The van der Waals surface area contributed by atoms with Crippen molar-refractivity contribution in [1.29, 1.82) is 0 Å². The minimum atomic E-state index is -5.66. The molecule has 6 atom stereocenters.